The molecule has 0 heterocycles. The van der Waals surface area contributed by atoms with E-state index in [2.05, 4.69) is 12.7 Å². The summed E-state index contributed by atoms with van der Waals surface area (Å²) in [4.78, 5) is 0. The van der Waals surface area contributed by atoms with Crippen LogP contribution < -0.4 is 0 Å². The van der Waals surface area contributed by atoms with Crippen LogP contribution in [0.1, 0.15) is 6.92 Å². The average molecular weight is 255 g/mol. The van der Waals surface area contributed by atoms with E-state index in [0.29, 0.717) is 0 Å². The first-order valence-corrected chi connectivity index (χ1v) is 3.13. The monoisotopic (exact) mass is 255 g/mol. The molecule has 71 valence electrons. The summed E-state index contributed by atoms with van der Waals surface area (Å²) in [5.74, 6) is -0.153. The minimum absolute atomic E-state index is 0. The molecule has 0 aliphatic carbocycles. The van der Waals surface area contributed by atoms with E-state index in [1.54, 1.807) is 19.1 Å². The van der Waals surface area contributed by atoms with Gasteiger partial charge in [0.1, 0.15) is 0 Å². The molecule has 0 atom stereocenters. The Kier molecular flexibility index (Phi) is 16.6. The van der Waals surface area contributed by atoms with Crippen LogP contribution in [0.2, 0.25) is 0 Å². The van der Waals surface area contributed by atoms with Gasteiger partial charge in [-0.1, -0.05) is 12.1 Å². The van der Waals surface area contributed by atoms with Crippen LogP contribution in [0.3, 0.4) is 0 Å². The maximum Gasteiger partial charge on any atom is 0.157 e. The summed E-state index contributed by atoms with van der Waals surface area (Å²) in [5, 5.41) is 17.3. The van der Waals surface area contributed by atoms with Crippen molar-refractivity contribution in [3.63, 3.8) is 0 Å². The quantitative estimate of drug-likeness (QED) is 0.552. The third-order valence-electron chi connectivity index (χ3n) is 0.882. The number of hydrogen-bond donors (Lipinski definition) is 2. The second-order valence-corrected chi connectivity index (χ2v) is 1.84. The molecule has 1 aromatic carbocycles. The zero-order valence-electron chi connectivity index (χ0n) is 7.99. The second kappa shape index (κ2) is 11.7. The Hall–Kier alpha value is -0.336. The Morgan fingerprint density at radius 1 is 1.15 bits per heavy atom. The summed E-state index contributed by atoms with van der Waals surface area (Å²) >= 11 is 0. The van der Waals surface area contributed by atoms with Crippen molar-refractivity contribution in [3.8, 4) is 11.5 Å². The third-order valence-corrected chi connectivity index (χ3v) is 0.882. The summed E-state index contributed by atoms with van der Waals surface area (Å²) in [6, 6.07) is 6.15. The SMILES string of the molecule is C=[C-]C.Oc1ccccc1O.[CH3-].[Y]. The molecule has 2 N–H and O–H groups in total. The van der Waals surface area contributed by atoms with Crippen molar-refractivity contribution in [1.29, 1.82) is 0 Å². The van der Waals surface area contributed by atoms with Crippen LogP contribution in [0.15, 0.2) is 30.8 Å². The summed E-state index contributed by atoms with van der Waals surface area (Å²) in [5.41, 5.74) is 0. The van der Waals surface area contributed by atoms with E-state index in [4.69, 9.17) is 10.2 Å². The van der Waals surface area contributed by atoms with E-state index in [-0.39, 0.29) is 51.6 Å². The van der Waals surface area contributed by atoms with Gasteiger partial charge in [-0.15, -0.1) is 0 Å². The van der Waals surface area contributed by atoms with Crippen LogP contribution in [-0.4, -0.2) is 10.2 Å². The number of aromatic hydroxyl groups is 2. The van der Waals surface area contributed by atoms with E-state index in [1.807, 2.05) is 0 Å². The summed E-state index contributed by atoms with van der Waals surface area (Å²) in [7, 11) is 0. The number of para-hydroxylation sites is 2. The van der Waals surface area contributed by atoms with Crippen LogP contribution >= 0.6 is 0 Å². The van der Waals surface area contributed by atoms with E-state index >= 15 is 0 Å². The fourth-order valence-electron chi connectivity index (χ4n) is 0.464. The summed E-state index contributed by atoms with van der Waals surface area (Å²) < 4.78 is 0. The molecule has 3 heteroatoms. The zero-order chi connectivity index (χ0) is 8.69. The molecule has 0 fully saturated rings. The minimum atomic E-state index is -0.0764. The Morgan fingerprint density at radius 3 is 1.54 bits per heavy atom. The molecular formula is C10H14O2Y-2. The molecule has 2 nitrogen and oxygen atoms in total. The molecular weight excluding hydrogens is 241 g/mol. The van der Waals surface area contributed by atoms with Gasteiger partial charge >= 0.3 is 0 Å². The van der Waals surface area contributed by atoms with Gasteiger partial charge in [0.05, 0.1) is 0 Å². The minimum Gasteiger partial charge on any atom is -0.507 e. The molecule has 0 bridgehead atoms. The van der Waals surface area contributed by atoms with Gasteiger partial charge in [-0.25, -0.2) is 0 Å². The largest absolute Gasteiger partial charge is 0.507 e. The van der Waals surface area contributed by atoms with Crippen LogP contribution in [0.4, 0.5) is 0 Å². The van der Waals surface area contributed by atoms with Crippen molar-refractivity contribution in [2.75, 3.05) is 0 Å². The van der Waals surface area contributed by atoms with Crippen molar-refractivity contribution in [3.05, 3.63) is 44.3 Å². The van der Waals surface area contributed by atoms with Gasteiger partial charge in [-0.05, 0) is 12.1 Å². The van der Waals surface area contributed by atoms with Crippen LogP contribution in [0, 0.1) is 13.5 Å². The van der Waals surface area contributed by atoms with E-state index < -0.39 is 0 Å². The number of allylic oxidation sites excluding steroid dienone is 1. The van der Waals surface area contributed by atoms with Gasteiger partial charge in [0.25, 0.3) is 0 Å². The fraction of sp³-hybridized carbons (Fsp3) is 0.100. The Morgan fingerprint density at radius 2 is 1.38 bits per heavy atom. The molecule has 0 saturated carbocycles. The smallest absolute Gasteiger partial charge is 0.157 e. The van der Waals surface area contributed by atoms with Crippen LogP contribution in [0.5, 0.6) is 11.5 Å². The van der Waals surface area contributed by atoms with Crippen molar-refractivity contribution >= 4 is 0 Å². The molecule has 0 aromatic heterocycles. The number of phenolic OH excluding ortho intramolecular Hbond substituents is 2. The van der Waals surface area contributed by atoms with Crippen molar-refractivity contribution in [2.24, 2.45) is 0 Å². The van der Waals surface area contributed by atoms with Gasteiger partial charge < -0.3 is 23.7 Å². The molecule has 1 radical (unpaired) electrons. The Bertz CT molecular complexity index is 203. The molecule has 0 saturated heterocycles. The normalized spacial score (nSPS) is 6.54. The molecule has 0 spiro atoms. The van der Waals surface area contributed by atoms with Crippen molar-refractivity contribution < 1.29 is 42.9 Å². The number of hydrogen-bond acceptors (Lipinski definition) is 2. The van der Waals surface area contributed by atoms with Gasteiger partial charge in [-0.3, -0.25) is 6.58 Å². The van der Waals surface area contributed by atoms with E-state index in [0.717, 1.165) is 0 Å². The maximum atomic E-state index is 8.67. The zero-order valence-corrected chi connectivity index (χ0v) is 10.8. The van der Waals surface area contributed by atoms with Crippen LogP contribution in [0.25, 0.3) is 0 Å². The topological polar surface area (TPSA) is 40.5 Å². The number of benzene rings is 1. The average Bonchev–Trinajstić information content (AvgIpc) is 1.97. The first-order valence-electron chi connectivity index (χ1n) is 3.13. The Balaban J connectivity index is -0.000000180. The van der Waals surface area contributed by atoms with Gasteiger partial charge in [0.2, 0.25) is 0 Å². The molecule has 1 rings (SSSR count). The first kappa shape index (κ1) is 18.4. The van der Waals surface area contributed by atoms with Crippen molar-refractivity contribution in [2.45, 2.75) is 6.92 Å². The molecule has 0 unspecified atom stereocenters. The molecule has 0 amide bonds. The maximum absolute atomic E-state index is 8.67. The van der Waals surface area contributed by atoms with Crippen molar-refractivity contribution in [1.82, 2.24) is 0 Å². The number of phenols is 2. The van der Waals surface area contributed by atoms with Gasteiger partial charge in [-0.2, -0.15) is 6.92 Å². The summed E-state index contributed by atoms with van der Waals surface area (Å²) in [6.07, 6.45) is 2.50. The first-order chi connectivity index (χ1) is 5.22. The molecule has 0 aliphatic heterocycles. The second-order valence-electron chi connectivity index (χ2n) is 1.84. The van der Waals surface area contributed by atoms with Gasteiger partial charge in [0, 0.05) is 32.7 Å². The fourth-order valence-corrected chi connectivity index (χ4v) is 0.464. The predicted molar refractivity (Wildman–Crippen MR) is 50.7 cm³/mol. The molecule has 0 aliphatic rings. The Labute approximate surface area is 105 Å². The van der Waals surface area contributed by atoms with Crippen LogP contribution in [-0.2, 0) is 32.7 Å². The predicted octanol–water partition coefficient (Wildman–Crippen LogP) is 2.54. The van der Waals surface area contributed by atoms with E-state index in [9.17, 15) is 0 Å². The number of rotatable bonds is 0. The molecule has 13 heavy (non-hydrogen) atoms. The van der Waals surface area contributed by atoms with E-state index in [1.165, 1.54) is 12.1 Å². The third kappa shape index (κ3) is 9.58. The standard InChI is InChI=1S/C6H6O2.C3H5.CH3.Y/c7-5-3-1-2-4-6(5)8;1-3-2;;/h1-4,7-8H;1H2,2H3;1H3;/q;2*-1;. The molecule has 1 aromatic rings. The summed E-state index contributed by atoms with van der Waals surface area (Å²) in [6.45, 7) is 5.00. The van der Waals surface area contributed by atoms with Gasteiger partial charge in [0.15, 0.2) is 11.5 Å².